The lowest BCUT2D eigenvalue weighted by molar-refractivity contribution is -0.123. The van der Waals surface area contributed by atoms with Gasteiger partial charge in [0.25, 0.3) is 5.91 Å². The highest BCUT2D eigenvalue weighted by Crippen LogP contribution is 2.19. The third kappa shape index (κ3) is 3.91. The van der Waals surface area contributed by atoms with E-state index in [0.717, 1.165) is 64.0 Å². The normalized spacial score (nSPS) is 22.3. The van der Waals surface area contributed by atoms with Crippen molar-refractivity contribution in [1.82, 2.24) is 9.80 Å². The first kappa shape index (κ1) is 16.0. The van der Waals surface area contributed by atoms with Gasteiger partial charge in [-0.05, 0) is 49.9 Å². The fourth-order valence-electron chi connectivity index (χ4n) is 3.55. The van der Waals surface area contributed by atoms with E-state index in [9.17, 15) is 9.59 Å². The van der Waals surface area contributed by atoms with Crippen LogP contribution in [-0.4, -0.2) is 47.8 Å². The third-order valence-electron chi connectivity index (χ3n) is 4.91. The summed E-state index contributed by atoms with van der Waals surface area (Å²) in [5.41, 5.74) is 7.37. The smallest absolute Gasteiger partial charge is 0.253 e. The van der Waals surface area contributed by atoms with Crippen molar-refractivity contribution in [3.05, 3.63) is 35.4 Å². The first-order valence-corrected chi connectivity index (χ1v) is 8.53. The molecule has 1 atom stereocenters. The Balaban J connectivity index is 1.59. The Bertz CT molecular complexity index is 564. The number of amides is 2. The lowest BCUT2D eigenvalue weighted by Gasteiger charge is -2.31. The molecule has 2 amide bonds. The second-order valence-electron chi connectivity index (χ2n) is 6.67. The molecular weight excluding hydrogens is 290 g/mol. The molecule has 0 unspecified atom stereocenters. The largest absolute Gasteiger partial charge is 0.369 e. The predicted octanol–water partition coefficient (Wildman–Crippen LogP) is 1.62. The van der Waals surface area contributed by atoms with Crippen LogP contribution >= 0.6 is 0 Å². The first-order chi connectivity index (χ1) is 11.1. The summed E-state index contributed by atoms with van der Waals surface area (Å²) in [6.07, 6.45) is 4.13. The quantitative estimate of drug-likeness (QED) is 0.918. The van der Waals surface area contributed by atoms with Crippen LogP contribution in [0.3, 0.4) is 0 Å². The second-order valence-corrected chi connectivity index (χ2v) is 6.67. The minimum Gasteiger partial charge on any atom is -0.369 e. The van der Waals surface area contributed by atoms with Crippen molar-refractivity contribution in [3.8, 4) is 0 Å². The maximum Gasteiger partial charge on any atom is 0.253 e. The van der Waals surface area contributed by atoms with Gasteiger partial charge in [-0.25, -0.2) is 0 Å². The SMILES string of the molecule is NC(=O)[C@@H]1CCCN(Cc2ccc(C(=O)N3CCCC3)cc2)C1. The van der Waals surface area contributed by atoms with Crippen LogP contribution in [-0.2, 0) is 11.3 Å². The minimum atomic E-state index is -0.193. The lowest BCUT2D eigenvalue weighted by Crippen LogP contribution is -2.40. The number of primary amides is 1. The molecule has 124 valence electrons. The molecule has 1 aromatic carbocycles. The third-order valence-corrected chi connectivity index (χ3v) is 4.91. The summed E-state index contributed by atoms with van der Waals surface area (Å²) in [6.45, 7) is 4.30. The number of piperidine rings is 1. The summed E-state index contributed by atoms with van der Waals surface area (Å²) in [5, 5.41) is 0. The number of carbonyl (C=O) groups is 2. The van der Waals surface area contributed by atoms with Crippen LogP contribution in [0.5, 0.6) is 0 Å². The van der Waals surface area contributed by atoms with Crippen molar-refractivity contribution in [3.63, 3.8) is 0 Å². The van der Waals surface area contributed by atoms with Gasteiger partial charge >= 0.3 is 0 Å². The van der Waals surface area contributed by atoms with Gasteiger partial charge in [0.15, 0.2) is 0 Å². The van der Waals surface area contributed by atoms with E-state index in [-0.39, 0.29) is 17.7 Å². The van der Waals surface area contributed by atoms with Crippen LogP contribution in [0, 0.1) is 5.92 Å². The lowest BCUT2D eigenvalue weighted by atomic mass is 9.97. The number of carbonyl (C=O) groups excluding carboxylic acids is 2. The number of hydrogen-bond acceptors (Lipinski definition) is 3. The van der Waals surface area contributed by atoms with E-state index >= 15 is 0 Å². The van der Waals surface area contributed by atoms with Crippen molar-refractivity contribution < 1.29 is 9.59 Å². The first-order valence-electron chi connectivity index (χ1n) is 8.53. The van der Waals surface area contributed by atoms with Crippen LogP contribution in [0.15, 0.2) is 24.3 Å². The number of hydrogen-bond donors (Lipinski definition) is 1. The highest BCUT2D eigenvalue weighted by molar-refractivity contribution is 5.94. The van der Waals surface area contributed by atoms with Crippen LogP contribution in [0.2, 0.25) is 0 Å². The fourth-order valence-corrected chi connectivity index (χ4v) is 3.55. The molecule has 5 nitrogen and oxygen atoms in total. The van der Waals surface area contributed by atoms with E-state index < -0.39 is 0 Å². The molecule has 0 bridgehead atoms. The number of likely N-dealkylation sites (tertiary alicyclic amines) is 2. The van der Waals surface area contributed by atoms with Crippen molar-refractivity contribution >= 4 is 11.8 Å². The molecule has 0 aliphatic carbocycles. The molecule has 2 aliphatic rings. The van der Waals surface area contributed by atoms with Crippen molar-refractivity contribution in [2.24, 2.45) is 11.7 Å². The highest BCUT2D eigenvalue weighted by atomic mass is 16.2. The Hall–Kier alpha value is -1.88. The minimum absolute atomic E-state index is 0.0280. The van der Waals surface area contributed by atoms with Crippen molar-refractivity contribution in [2.75, 3.05) is 26.2 Å². The van der Waals surface area contributed by atoms with Gasteiger partial charge in [0, 0.05) is 31.7 Å². The van der Waals surface area contributed by atoms with Crippen LogP contribution in [0.25, 0.3) is 0 Å². The van der Waals surface area contributed by atoms with Crippen LogP contribution in [0.1, 0.15) is 41.6 Å². The molecule has 2 N–H and O–H groups in total. The predicted molar refractivity (Wildman–Crippen MR) is 88.8 cm³/mol. The average molecular weight is 315 g/mol. The van der Waals surface area contributed by atoms with Gasteiger partial charge in [-0.1, -0.05) is 12.1 Å². The molecule has 2 aliphatic heterocycles. The van der Waals surface area contributed by atoms with E-state index in [1.807, 2.05) is 29.2 Å². The summed E-state index contributed by atoms with van der Waals surface area (Å²) in [4.78, 5) is 27.9. The topological polar surface area (TPSA) is 66.6 Å². The van der Waals surface area contributed by atoms with E-state index in [2.05, 4.69) is 4.90 Å². The summed E-state index contributed by atoms with van der Waals surface area (Å²) >= 11 is 0. The van der Waals surface area contributed by atoms with Crippen LogP contribution in [0.4, 0.5) is 0 Å². The van der Waals surface area contributed by atoms with E-state index in [0.29, 0.717) is 0 Å². The van der Waals surface area contributed by atoms with Crippen LogP contribution < -0.4 is 5.73 Å². The number of rotatable bonds is 4. The molecule has 1 aromatic rings. The van der Waals surface area contributed by atoms with Gasteiger partial charge in [-0.15, -0.1) is 0 Å². The monoisotopic (exact) mass is 315 g/mol. The number of nitrogens with zero attached hydrogens (tertiary/aromatic N) is 2. The maximum atomic E-state index is 12.3. The molecule has 5 heteroatoms. The zero-order valence-corrected chi connectivity index (χ0v) is 13.5. The van der Waals surface area contributed by atoms with Gasteiger partial charge in [0.05, 0.1) is 5.92 Å². The Morgan fingerprint density at radius 1 is 1.04 bits per heavy atom. The average Bonchev–Trinajstić information content (AvgIpc) is 3.09. The standard InChI is InChI=1S/C18H25N3O2/c19-17(22)16-4-3-9-20(13-16)12-14-5-7-15(8-6-14)18(23)21-10-1-2-11-21/h5-8,16H,1-4,9-13H2,(H2,19,22)/t16-/m1/s1. The second kappa shape index (κ2) is 7.13. The van der Waals surface area contributed by atoms with Crippen molar-refractivity contribution in [2.45, 2.75) is 32.2 Å². The summed E-state index contributed by atoms with van der Waals surface area (Å²) in [5.74, 6) is -0.0816. The van der Waals surface area contributed by atoms with E-state index in [4.69, 9.17) is 5.73 Å². The van der Waals surface area contributed by atoms with Gasteiger partial charge in [0.1, 0.15) is 0 Å². The van der Waals surface area contributed by atoms with Gasteiger partial charge in [-0.2, -0.15) is 0 Å². The molecule has 0 aromatic heterocycles. The Morgan fingerprint density at radius 3 is 2.39 bits per heavy atom. The summed E-state index contributed by atoms with van der Waals surface area (Å²) < 4.78 is 0. The molecule has 2 fully saturated rings. The highest BCUT2D eigenvalue weighted by Gasteiger charge is 2.24. The van der Waals surface area contributed by atoms with E-state index in [1.54, 1.807) is 0 Å². The fraction of sp³-hybridized carbons (Fsp3) is 0.556. The Morgan fingerprint density at radius 2 is 1.74 bits per heavy atom. The molecule has 0 spiro atoms. The number of benzene rings is 1. The van der Waals surface area contributed by atoms with Gasteiger partial charge in [-0.3, -0.25) is 14.5 Å². The molecule has 2 heterocycles. The summed E-state index contributed by atoms with van der Waals surface area (Å²) in [7, 11) is 0. The van der Waals surface area contributed by atoms with Crippen molar-refractivity contribution in [1.29, 1.82) is 0 Å². The van der Waals surface area contributed by atoms with Gasteiger partial charge in [0.2, 0.25) is 5.91 Å². The molecule has 0 saturated carbocycles. The number of nitrogens with two attached hydrogens (primary N) is 1. The van der Waals surface area contributed by atoms with Gasteiger partial charge < -0.3 is 10.6 Å². The molecule has 3 rings (SSSR count). The molecule has 0 radical (unpaired) electrons. The zero-order chi connectivity index (χ0) is 16.2. The molecule has 23 heavy (non-hydrogen) atoms. The zero-order valence-electron chi connectivity index (χ0n) is 13.5. The maximum absolute atomic E-state index is 12.3. The molecular formula is C18H25N3O2. The summed E-state index contributed by atoms with van der Waals surface area (Å²) in [6, 6.07) is 7.89. The molecule has 2 saturated heterocycles. The van der Waals surface area contributed by atoms with E-state index in [1.165, 1.54) is 5.56 Å². The Kier molecular flexibility index (Phi) is 4.96. The Labute approximate surface area is 137 Å².